The summed E-state index contributed by atoms with van der Waals surface area (Å²) in [6.07, 6.45) is 2.73. The number of amides is 1. The van der Waals surface area contributed by atoms with Crippen molar-refractivity contribution in [3.8, 4) is 0 Å². The third-order valence-corrected chi connectivity index (χ3v) is 5.39. The van der Waals surface area contributed by atoms with Crippen molar-refractivity contribution in [3.63, 3.8) is 0 Å². The lowest BCUT2D eigenvalue weighted by atomic mass is 9.86. The highest BCUT2D eigenvalue weighted by molar-refractivity contribution is 5.92. The summed E-state index contributed by atoms with van der Waals surface area (Å²) >= 11 is 0. The average Bonchev–Trinajstić information content (AvgIpc) is 3.19. The smallest absolute Gasteiger partial charge is 0.270 e. The predicted octanol–water partition coefficient (Wildman–Crippen LogP) is 4.39. The molecule has 1 atom stereocenters. The fraction of sp³-hybridized carbons (Fsp3) is 0.292. The van der Waals surface area contributed by atoms with E-state index in [1.807, 2.05) is 36.2 Å². The third kappa shape index (κ3) is 4.18. The fourth-order valence-corrected chi connectivity index (χ4v) is 3.94. The van der Waals surface area contributed by atoms with E-state index in [1.54, 1.807) is 0 Å². The van der Waals surface area contributed by atoms with Gasteiger partial charge in [-0.3, -0.25) is 4.79 Å². The van der Waals surface area contributed by atoms with Crippen LogP contribution in [-0.4, -0.2) is 41.6 Å². The number of rotatable bonds is 5. The number of hydrogen-bond donors (Lipinski definition) is 1. The minimum Gasteiger partial charge on any atom is -0.375 e. The Hall–Kier alpha value is -2.85. The second-order valence-electron chi connectivity index (χ2n) is 7.44. The SMILES string of the molecule is Cc1c[nH]c(C(=O)N2CCO[C@@H](CC(c3ccccc3)c3ccccc3)C2)c1. The highest BCUT2D eigenvalue weighted by Gasteiger charge is 2.28. The van der Waals surface area contributed by atoms with E-state index in [0.717, 1.165) is 12.0 Å². The number of hydrogen-bond acceptors (Lipinski definition) is 2. The van der Waals surface area contributed by atoms with Crippen molar-refractivity contribution in [2.24, 2.45) is 0 Å². The Morgan fingerprint density at radius 2 is 1.75 bits per heavy atom. The maximum absolute atomic E-state index is 12.8. The number of nitrogens with zero attached hydrogens (tertiary/aromatic N) is 1. The van der Waals surface area contributed by atoms with Gasteiger partial charge in [-0.15, -0.1) is 0 Å². The molecule has 28 heavy (non-hydrogen) atoms. The molecule has 1 aromatic heterocycles. The Kier molecular flexibility index (Phi) is 5.58. The average molecular weight is 374 g/mol. The molecule has 2 heterocycles. The van der Waals surface area contributed by atoms with Crippen molar-refractivity contribution in [2.45, 2.75) is 25.4 Å². The van der Waals surface area contributed by atoms with Gasteiger partial charge >= 0.3 is 0 Å². The maximum atomic E-state index is 12.8. The van der Waals surface area contributed by atoms with Gasteiger partial charge in [0.05, 0.1) is 12.7 Å². The van der Waals surface area contributed by atoms with Gasteiger partial charge in [0, 0.05) is 25.2 Å². The van der Waals surface area contributed by atoms with Crippen LogP contribution in [0.4, 0.5) is 0 Å². The molecular formula is C24H26N2O2. The molecule has 144 valence electrons. The first-order chi connectivity index (χ1) is 13.7. The number of carbonyl (C=O) groups excluding carboxylic acids is 1. The first-order valence-electron chi connectivity index (χ1n) is 9.86. The van der Waals surface area contributed by atoms with Gasteiger partial charge < -0.3 is 14.6 Å². The minimum absolute atomic E-state index is 0.0131. The van der Waals surface area contributed by atoms with Crippen LogP contribution < -0.4 is 0 Å². The molecule has 0 bridgehead atoms. The second-order valence-corrected chi connectivity index (χ2v) is 7.44. The highest BCUT2D eigenvalue weighted by atomic mass is 16.5. The van der Waals surface area contributed by atoms with E-state index in [4.69, 9.17) is 4.74 Å². The van der Waals surface area contributed by atoms with Crippen molar-refractivity contribution in [1.82, 2.24) is 9.88 Å². The zero-order chi connectivity index (χ0) is 19.3. The third-order valence-electron chi connectivity index (χ3n) is 5.39. The summed E-state index contributed by atoms with van der Waals surface area (Å²) < 4.78 is 6.07. The van der Waals surface area contributed by atoms with Crippen LogP contribution in [0, 0.1) is 6.92 Å². The number of aryl methyl sites for hydroxylation is 1. The predicted molar refractivity (Wildman–Crippen MR) is 111 cm³/mol. The summed E-state index contributed by atoms with van der Waals surface area (Å²) in [4.78, 5) is 17.8. The monoisotopic (exact) mass is 374 g/mol. The Morgan fingerprint density at radius 3 is 2.32 bits per heavy atom. The van der Waals surface area contributed by atoms with Crippen molar-refractivity contribution in [3.05, 3.63) is 95.3 Å². The Balaban J connectivity index is 1.51. The van der Waals surface area contributed by atoms with E-state index in [0.29, 0.717) is 25.4 Å². The quantitative estimate of drug-likeness (QED) is 0.720. The van der Waals surface area contributed by atoms with Crippen LogP contribution in [0.1, 0.15) is 39.5 Å². The molecule has 4 heteroatoms. The van der Waals surface area contributed by atoms with Crippen LogP contribution in [0.2, 0.25) is 0 Å². The maximum Gasteiger partial charge on any atom is 0.270 e. The number of ether oxygens (including phenoxy) is 1. The largest absolute Gasteiger partial charge is 0.375 e. The molecule has 0 aliphatic carbocycles. The molecule has 1 fully saturated rings. The number of nitrogens with one attached hydrogen (secondary N) is 1. The lowest BCUT2D eigenvalue weighted by molar-refractivity contribution is -0.0265. The van der Waals surface area contributed by atoms with Crippen molar-refractivity contribution in [2.75, 3.05) is 19.7 Å². The van der Waals surface area contributed by atoms with Crippen LogP contribution in [-0.2, 0) is 4.74 Å². The zero-order valence-electron chi connectivity index (χ0n) is 16.2. The Labute approximate surface area is 166 Å². The number of morpholine rings is 1. The molecule has 4 nitrogen and oxygen atoms in total. The van der Waals surface area contributed by atoms with Gasteiger partial charge in [-0.25, -0.2) is 0 Å². The van der Waals surface area contributed by atoms with Gasteiger partial charge in [0.15, 0.2) is 0 Å². The number of aromatic nitrogens is 1. The van der Waals surface area contributed by atoms with E-state index in [9.17, 15) is 4.79 Å². The van der Waals surface area contributed by atoms with Crippen LogP contribution in [0.15, 0.2) is 72.9 Å². The minimum atomic E-state index is 0.0131. The number of H-pyrrole nitrogens is 1. The summed E-state index contributed by atoms with van der Waals surface area (Å²) in [6.45, 7) is 3.81. The Morgan fingerprint density at radius 1 is 1.11 bits per heavy atom. The first-order valence-corrected chi connectivity index (χ1v) is 9.86. The van der Waals surface area contributed by atoms with E-state index in [2.05, 4.69) is 53.5 Å². The van der Waals surface area contributed by atoms with Gasteiger partial charge in [-0.05, 0) is 36.1 Å². The molecule has 0 unspecified atom stereocenters. The van der Waals surface area contributed by atoms with Gasteiger partial charge in [0.2, 0.25) is 0 Å². The zero-order valence-corrected chi connectivity index (χ0v) is 16.2. The summed E-state index contributed by atoms with van der Waals surface area (Å²) in [5.74, 6) is 0.299. The lowest BCUT2D eigenvalue weighted by Gasteiger charge is -2.34. The molecule has 3 aromatic rings. The molecule has 4 rings (SSSR count). The highest BCUT2D eigenvalue weighted by Crippen LogP contribution is 2.31. The second kappa shape index (κ2) is 8.44. The lowest BCUT2D eigenvalue weighted by Crippen LogP contribution is -2.46. The molecule has 1 saturated heterocycles. The standard InChI is InChI=1S/C24H26N2O2/c1-18-14-23(25-16-18)24(27)26-12-13-28-21(17-26)15-22(19-8-4-2-5-9-19)20-10-6-3-7-11-20/h2-11,14,16,21-22,25H,12-13,15,17H2,1H3/t21-/m0/s1. The molecular weight excluding hydrogens is 348 g/mol. The Bertz CT molecular complexity index is 865. The van der Waals surface area contributed by atoms with Crippen molar-refractivity contribution >= 4 is 5.91 Å². The molecule has 0 spiro atoms. The molecule has 0 saturated carbocycles. The molecule has 1 amide bonds. The van der Waals surface area contributed by atoms with Crippen LogP contribution in [0.3, 0.4) is 0 Å². The number of carbonyl (C=O) groups is 1. The fourth-order valence-electron chi connectivity index (χ4n) is 3.94. The summed E-state index contributed by atoms with van der Waals surface area (Å²) in [5.41, 5.74) is 4.28. The molecule has 1 aliphatic rings. The van der Waals surface area contributed by atoms with E-state index in [1.165, 1.54) is 11.1 Å². The topological polar surface area (TPSA) is 45.3 Å². The summed E-state index contributed by atoms with van der Waals surface area (Å²) in [7, 11) is 0. The molecule has 1 N–H and O–H groups in total. The summed E-state index contributed by atoms with van der Waals surface area (Å²) in [6, 6.07) is 23.0. The van der Waals surface area contributed by atoms with Crippen molar-refractivity contribution in [1.29, 1.82) is 0 Å². The van der Waals surface area contributed by atoms with Crippen LogP contribution in [0.5, 0.6) is 0 Å². The van der Waals surface area contributed by atoms with Gasteiger partial charge in [-0.1, -0.05) is 60.7 Å². The van der Waals surface area contributed by atoms with Crippen molar-refractivity contribution < 1.29 is 9.53 Å². The van der Waals surface area contributed by atoms with Crippen LogP contribution in [0.25, 0.3) is 0 Å². The van der Waals surface area contributed by atoms with E-state index in [-0.39, 0.29) is 17.9 Å². The van der Waals surface area contributed by atoms with Gasteiger partial charge in [0.25, 0.3) is 5.91 Å². The van der Waals surface area contributed by atoms with E-state index >= 15 is 0 Å². The van der Waals surface area contributed by atoms with E-state index < -0.39 is 0 Å². The van der Waals surface area contributed by atoms with Gasteiger partial charge in [-0.2, -0.15) is 0 Å². The number of aromatic amines is 1. The van der Waals surface area contributed by atoms with Gasteiger partial charge in [0.1, 0.15) is 5.69 Å². The molecule has 1 aliphatic heterocycles. The molecule has 0 radical (unpaired) electrons. The number of benzene rings is 2. The normalized spacial score (nSPS) is 17.1. The van der Waals surface area contributed by atoms with Crippen LogP contribution >= 0.6 is 0 Å². The first kappa shape index (κ1) is 18.5. The molecule has 2 aromatic carbocycles. The summed E-state index contributed by atoms with van der Waals surface area (Å²) in [5, 5.41) is 0.